The lowest BCUT2D eigenvalue weighted by atomic mass is 10.1. The van der Waals surface area contributed by atoms with Gasteiger partial charge in [0.05, 0.1) is 13.2 Å². The Morgan fingerprint density at radius 1 is 1.44 bits per heavy atom. The van der Waals surface area contributed by atoms with E-state index in [0.717, 1.165) is 10.9 Å². The van der Waals surface area contributed by atoms with Gasteiger partial charge < -0.3 is 10.1 Å². The van der Waals surface area contributed by atoms with Crippen LogP contribution >= 0.6 is 0 Å². The van der Waals surface area contributed by atoms with E-state index in [4.69, 9.17) is 5.11 Å². The van der Waals surface area contributed by atoms with Crippen LogP contribution in [0.25, 0.3) is 10.9 Å². The maximum Gasteiger partial charge on any atom is 0.178 e. The number of hydrogen-bond acceptors (Lipinski definition) is 3. The van der Waals surface area contributed by atoms with Crippen LogP contribution in [0.4, 0.5) is 0 Å². The van der Waals surface area contributed by atoms with Gasteiger partial charge in [0.15, 0.2) is 5.78 Å². The molecule has 2 rings (SSSR count). The number of Topliss-reactive ketones (excluding diaryl/α,β-unsaturated/α-hetero) is 1. The van der Waals surface area contributed by atoms with Gasteiger partial charge in [-0.3, -0.25) is 9.69 Å². The number of aromatic amines is 1. The van der Waals surface area contributed by atoms with E-state index < -0.39 is 0 Å². The average Bonchev–Trinajstić information content (AvgIpc) is 2.81. The number of nitrogens with one attached hydrogen (secondary N) is 1. The summed E-state index contributed by atoms with van der Waals surface area (Å²) in [5, 5.41) is 10.0. The zero-order chi connectivity index (χ0) is 13.1. The van der Waals surface area contributed by atoms with Gasteiger partial charge in [0.25, 0.3) is 0 Å². The van der Waals surface area contributed by atoms with Crippen molar-refractivity contribution in [2.75, 3.05) is 20.2 Å². The molecule has 0 saturated carbocycles. The van der Waals surface area contributed by atoms with Gasteiger partial charge in [-0.1, -0.05) is 18.2 Å². The first-order valence-corrected chi connectivity index (χ1v) is 6.04. The summed E-state index contributed by atoms with van der Waals surface area (Å²) in [6.07, 6.45) is 1.75. The second kappa shape index (κ2) is 5.33. The van der Waals surface area contributed by atoms with Crippen LogP contribution in [-0.2, 0) is 0 Å². The maximum atomic E-state index is 12.2. The second-order valence-electron chi connectivity index (χ2n) is 4.62. The molecule has 1 aromatic carbocycles. The molecule has 0 spiro atoms. The Morgan fingerprint density at radius 2 is 2.17 bits per heavy atom. The molecule has 1 atom stereocenters. The number of fused-ring (bicyclic) bond motifs is 1. The third-order valence-corrected chi connectivity index (χ3v) is 3.30. The first kappa shape index (κ1) is 12.8. The largest absolute Gasteiger partial charge is 0.395 e. The second-order valence-corrected chi connectivity index (χ2v) is 4.62. The van der Waals surface area contributed by atoms with Gasteiger partial charge in [-0.25, -0.2) is 0 Å². The van der Waals surface area contributed by atoms with Crippen LogP contribution in [0, 0.1) is 0 Å². The zero-order valence-electron chi connectivity index (χ0n) is 10.7. The van der Waals surface area contributed by atoms with Crippen LogP contribution in [0.15, 0.2) is 30.5 Å². The van der Waals surface area contributed by atoms with Crippen molar-refractivity contribution in [3.63, 3.8) is 0 Å². The fourth-order valence-electron chi connectivity index (χ4n) is 1.91. The lowest BCUT2D eigenvalue weighted by Crippen LogP contribution is -2.36. The molecule has 0 amide bonds. The Labute approximate surface area is 106 Å². The number of hydrogen-bond donors (Lipinski definition) is 2. The molecular formula is C14H18N2O2. The quantitative estimate of drug-likeness (QED) is 0.789. The summed E-state index contributed by atoms with van der Waals surface area (Å²) in [5.74, 6) is 0.0650. The third kappa shape index (κ3) is 2.44. The van der Waals surface area contributed by atoms with E-state index in [9.17, 15) is 4.79 Å². The number of rotatable bonds is 5. The molecule has 0 saturated heterocycles. The fourth-order valence-corrected chi connectivity index (χ4v) is 1.91. The molecular weight excluding hydrogens is 228 g/mol. The van der Waals surface area contributed by atoms with Gasteiger partial charge >= 0.3 is 0 Å². The van der Waals surface area contributed by atoms with Crippen LogP contribution in [0.5, 0.6) is 0 Å². The molecule has 1 unspecified atom stereocenters. The first-order valence-electron chi connectivity index (χ1n) is 6.04. The smallest absolute Gasteiger partial charge is 0.178 e. The third-order valence-electron chi connectivity index (χ3n) is 3.30. The molecule has 0 fully saturated rings. The standard InChI is InChI=1S/C14H18N2O2/c1-10(9-17)16(2)8-14(18)12-7-15-13-6-4-3-5-11(12)13/h3-7,10,15,17H,8-9H2,1-2H3. The van der Waals surface area contributed by atoms with Crippen LogP contribution in [0.1, 0.15) is 17.3 Å². The Morgan fingerprint density at radius 3 is 2.89 bits per heavy atom. The van der Waals surface area contributed by atoms with Crippen LogP contribution in [0.2, 0.25) is 0 Å². The summed E-state index contributed by atoms with van der Waals surface area (Å²) in [4.78, 5) is 17.2. The number of aliphatic hydroxyl groups excluding tert-OH is 1. The summed E-state index contributed by atoms with van der Waals surface area (Å²) in [5.41, 5.74) is 1.68. The zero-order valence-corrected chi connectivity index (χ0v) is 10.7. The number of carbonyl (C=O) groups is 1. The number of H-pyrrole nitrogens is 1. The minimum atomic E-state index is -0.0147. The van der Waals surface area contributed by atoms with Crippen molar-refractivity contribution in [3.05, 3.63) is 36.0 Å². The van der Waals surface area contributed by atoms with Gasteiger partial charge in [-0.2, -0.15) is 0 Å². The van der Waals surface area contributed by atoms with Crippen molar-refractivity contribution in [2.24, 2.45) is 0 Å². The molecule has 0 aliphatic rings. The molecule has 0 aliphatic heterocycles. The van der Waals surface area contributed by atoms with Crippen LogP contribution in [0.3, 0.4) is 0 Å². The summed E-state index contributed by atoms with van der Waals surface area (Å²) >= 11 is 0. The van der Waals surface area contributed by atoms with E-state index >= 15 is 0 Å². The molecule has 0 radical (unpaired) electrons. The van der Waals surface area contributed by atoms with E-state index in [0.29, 0.717) is 12.1 Å². The number of aromatic nitrogens is 1. The average molecular weight is 246 g/mol. The van der Waals surface area contributed by atoms with Crippen LogP contribution < -0.4 is 0 Å². The molecule has 0 bridgehead atoms. The van der Waals surface area contributed by atoms with Crippen molar-refractivity contribution in [1.82, 2.24) is 9.88 Å². The maximum absolute atomic E-state index is 12.2. The lowest BCUT2D eigenvalue weighted by Gasteiger charge is -2.21. The van der Waals surface area contributed by atoms with Crippen LogP contribution in [-0.4, -0.2) is 47.0 Å². The molecule has 1 aromatic heterocycles. The Hall–Kier alpha value is -1.65. The predicted octanol–water partition coefficient (Wildman–Crippen LogP) is 1.66. The van der Waals surface area contributed by atoms with Crippen molar-refractivity contribution in [2.45, 2.75) is 13.0 Å². The van der Waals surface area contributed by atoms with Gasteiger partial charge in [0, 0.05) is 28.7 Å². The van der Waals surface area contributed by atoms with E-state index in [1.807, 2.05) is 43.1 Å². The van der Waals surface area contributed by atoms with E-state index in [2.05, 4.69) is 4.98 Å². The number of carbonyl (C=O) groups excluding carboxylic acids is 1. The number of nitrogens with zero attached hydrogens (tertiary/aromatic N) is 1. The fraction of sp³-hybridized carbons (Fsp3) is 0.357. The molecule has 1 heterocycles. The van der Waals surface area contributed by atoms with Crippen molar-refractivity contribution in [3.8, 4) is 0 Å². The number of benzene rings is 1. The molecule has 2 aromatic rings. The summed E-state index contributed by atoms with van der Waals surface area (Å²) in [7, 11) is 1.84. The monoisotopic (exact) mass is 246 g/mol. The Bertz CT molecular complexity index is 547. The molecule has 0 aliphatic carbocycles. The van der Waals surface area contributed by atoms with Crippen molar-refractivity contribution in [1.29, 1.82) is 0 Å². The molecule has 96 valence electrons. The number of ketones is 1. The highest BCUT2D eigenvalue weighted by Gasteiger charge is 2.16. The normalized spacial score (nSPS) is 13.1. The van der Waals surface area contributed by atoms with E-state index in [-0.39, 0.29) is 18.4 Å². The Balaban J connectivity index is 2.19. The molecule has 4 nitrogen and oxygen atoms in total. The summed E-state index contributed by atoms with van der Waals surface area (Å²) < 4.78 is 0. The van der Waals surface area contributed by atoms with Crippen molar-refractivity contribution >= 4 is 16.7 Å². The Kier molecular flexibility index (Phi) is 3.79. The first-order chi connectivity index (χ1) is 8.63. The van der Waals surface area contributed by atoms with E-state index in [1.165, 1.54) is 0 Å². The predicted molar refractivity (Wildman–Crippen MR) is 71.8 cm³/mol. The van der Waals surface area contributed by atoms with Gasteiger partial charge in [0.2, 0.25) is 0 Å². The van der Waals surface area contributed by atoms with Crippen molar-refractivity contribution < 1.29 is 9.90 Å². The molecule has 18 heavy (non-hydrogen) atoms. The van der Waals surface area contributed by atoms with E-state index in [1.54, 1.807) is 6.20 Å². The minimum absolute atomic E-state index is 0.0147. The van der Waals surface area contributed by atoms with Gasteiger partial charge in [0.1, 0.15) is 0 Å². The topological polar surface area (TPSA) is 56.3 Å². The lowest BCUT2D eigenvalue weighted by molar-refractivity contribution is 0.0892. The SMILES string of the molecule is CC(CO)N(C)CC(=O)c1c[nH]c2ccccc12. The van der Waals surface area contributed by atoms with Gasteiger partial charge in [-0.15, -0.1) is 0 Å². The van der Waals surface area contributed by atoms with Gasteiger partial charge in [-0.05, 0) is 20.0 Å². The number of para-hydroxylation sites is 1. The molecule has 4 heteroatoms. The summed E-state index contributed by atoms with van der Waals surface area (Å²) in [6.45, 7) is 2.25. The summed E-state index contributed by atoms with van der Waals surface area (Å²) in [6, 6.07) is 7.74. The minimum Gasteiger partial charge on any atom is -0.395 e. The highest BCUT2D eigenvalue weighted by molar-refractivity contribution is 6.08. The molecule has 2 N–H and O–H groups in total. The number of aliphatic hydroxyl groups is 1. The number of likely N-dealkylation sites (N-methyl/N-ethyl adjacent to an activating group) is 1. The highest BCUT2D eigenvalue weighted by Crippen LogP contribution is 2.18. The highest BCUT2D eigenvalue weighted by atomic mass is 16.3.